The molecule has 104 valence electrons. The van der Waals surface area contributed by atoms with Gasteiger partial charge in [-0.2, -0.15) is 0 Å². The number of ketones is 1. The number of carbonyl (C=O) groups excluding carboxylic acids is 1. The highest BCUT2D eigenvalue weighted by atomic mass is 32.1. The fourth-order valence-electron chi connectivity index (χ4n) is 1.91. The lowest BCUT2D eigenvalue weighted by Crippen LogP contribution is -2.00. The van der Waals surface area contributed by atoms with E-state index in [2.05, 4.69) is 4.98 Å². The Balaban J connectivity index is 1.97. The molecule has 0 spiro atoms. The molecule has 0 unspecified atom stereocenters. The molecule has 1 heterocycles. The van der Waals surface area contributed by atoms with E-state index in [9.17, 15) is 13.6 Å². The van der Waals surface area contributed by atoms with Crippen LogP contribution in [0.3, 0.4) is 0 Å². The third-order valence-electron chi connectivity index (χ3n) is 2.94. The highest BCUT2D eigenvalue weighted by Crippen LogP contribution is 2.26. The molecule has 3 aromatic rings. The monoisotopic (exact) mass is 301 g/mol. The molecule has 0 atom stereocenters. The van der Waals surface area contributed by atoms with Gasteiger partial charge in [-0.05, 0) is 18.2 Å². The maximum atomic E-state index is 13.7. The number of halogens is 2. The Hall–Kier alpha value is -2.40. The number of carbonyl (C=O) groups is 1. The molecule has 0 saturated heterocycles. The van der Waals surface area contributed by atoms with Gasteiger partial charge < -0.3 is 0 Å². The Kier molecular flexibility index (Phi) is 3.58. The summed E-state index contributed by atoms with van der Waals surface area (Å²) >= 11 is 1.11. The minimum absolute atomic E-state index is 0.0540. The summed E-state index contributed by atoms with van der Waals surface area (Å²) in [6.45, 7) is 0. The second-order valence-corrected chi connectivity index (χ2v) is 5.22. The van der Waals surface area contributed by atoms with Crippen molar-refractivity contribution in [3.05, 3.63) is 76.1 Å². The Morgan fingerprint density at radius 2 is 1.81 bits per heavy atom. The first kappa shape index (κ1) is 13.6. The van der Waals surface area contributed by atoms with Crippen molar-refractivity contribution in [3.63, 3.8) is 0 Å². The van der Waals surface area contributed by atoms with Gasteiger partial charge in [0.15, 0.2) is 5.01 Å². The van der Waals surface area contributed by atoms with Crippen molar-refractivity contribution in [3.8, 4) is 11.3 Å². The minimum atomic E-state index is -0.569. The highest BCUT2D eigenvalue weighted by molar-refractivity contribution is 7.12. The molecule has 1 aromatic heterocycles. The molecular weight excluding hydrogens is 292 g/mol. The molecule has 0 fully saturated rings. The Morgan fingerprint density at radius 1 is 1.05 bits per heavy atom. The minimum Gasteiger partial charge on any atom is -0.286 e. The lowest BCUT2D eigenvalue weighted by molar-refractivity contribution is 0.103. The van der Waals surface area contributed by atoms with E-state index in [1.807, 2.05) is 6.07 Å². The first-order valence-corrected chi connectivity index (χ1v) is 7.04. The van der Waals surface area contributed by atoms with E-state index in [1.165, 1.54) is 0 Å². The van der Waals surface area contributed by atoms with E-state index in [4.69, 9.17) is 0 Å². The molecule has 3 rings (SSSR count). The zero-order valence-corrected chi connectivity index (χ0v) is 11.5. The summed E-state index contributed by atoms with van der Waals surface area (Å²) < 4.78 is 26.9. The molecule has 0 aliphatic rings. The molecular formula is C16H9F2NOS. The van der Waals surface area contributed by atoms with Gasteiger partial charge in [-0.15, -0.1) is 11.3 Å². The second-order valence-electron chi connectivity index (χ2n) is 4.36. The van der Waals surface area contributed by atoms with Gasteiger partial charge in [0.25, 0.3) is 0 Å². The molecule has 0 N–H and O–H groups in total. The summed E-state index contributed by atoms with van der Waals surface area (Å²) in [5.41, 5.74) is 0.827. The molecule has 2 nitrogen and oxygen atoms in total. The maximum Gasteiger partial charge on any atom is 0.221 e. The fraction of sp³-hybridized carbons (Fsp3) is 0. The molecule has 0 saturated carbocycles. The molecule has 5 heteroatoms. The Labute approximate surface area is 123 Å². The molecule has 0 aliphatic carbocycles. The van der Waals surface area contributed by atoms with E-state index >= 15 is 0 Å². The first-order valence-electron chi connectivity index (χ1n) is 6.16. The van der Waals surface area contributed by atoms with Gasteiger partial charge in [-0.3, -0.25) is 4.79 Å². The van der Waals surface area contributed by atoms with Crippen LogP contribution in [-0.4, -0.2) is 10.8 Å². The second kappa shape index (κ2) is 5.54. The van der Waals surface area contributed by atoms with Gasteiger partial charge >= 0.3 is 0 Å². The molecule has 0 radical (unpaired) electrons. The lowest BCUT2D eigenvalue weighted by atomic mass is 10.1. The zero-order chi connectivity index (χ0) is 14.8. The predicted octanol–water partition coefficient (Wildman–Crippen LogP) is 4.32. The van der Waals surface area contributed by atoms with Crippen LogP contribution >= 0.6 is 11.3 Å². The average molecular weight is 301 g/mol. The van der Waals surface area contributed by atoms with Crippen LogP contribution in [0.1, 0.15) is 15.4 Å². The van der Waals surface area contributed by atoms with Gasteiger partial charge in [-0.1, -0.05) is 30.3 Å². The average Bonchev–Trinajstić information content (AvgIpc) is 2.99. The van der Waals surface area contributed by atoms with Crippen LogP contribution in [0.4, 0.5) is 8.78 Å². The van der Waals surface area contributed by atoms with Crippen molar-refractivity contribution in [2.75, 3.05) is 0 Å². The van der Waals surface area contributed by atoms with Crippen molar-refractivity contribution in [1.29, 1.82) is 0 Å². The van der Waals surface area contributed by atoms with Crippen LogP contribution in [-0.2, 0) is 0 Å². The summed E-state index contributed by atoms with van der Waals surface area (Å²) in [6, 6.07) is 11.9. The summed E-state index contributed by atoms with van der Waals surface area (Å²) in [5.74, 6) is -1.35. The highest BCUT2D eigenvalue weighted by Gasteiger charge is 2.16. The van der Waals surface area contributed by atoms with Gasteiger partial charge in [0.2, 0.25) is 5.78 Å². The van der Waals surface area contributed by atoms with Gasteiger partial charge in [0, 0.05) is 16.5 Å². The molecule has 2 aromatic carbocycles. The van der Waals surface area contributed by atoms with E-state index in [0.717, 1.165) is 29.5 Å². The molecule has 0 amide bonds. The van der Waals surface area contributed by atoms with E-state index in [-0.39, 0.29) is 22.0 Å². The van der Waals surface area contributed by atoms with Crippen LogP contribution in [0.5, 0.6) is 0 Å². The third-order valence-corrected chi connectivity index (χ3v) is 3.78. The van der Waals surface area contributed by atoms with Crippen molar-refractivity contribution >= 4 is 17.1 Å². The number of hydrogen-bond donors (Lipinski definition) is 0. The van der Waals surface area contributed by atoms with Gasteiger partial charge in [0.05, 0.1) is 5.69 Å². The topological polar surface area (TPSA) is 30.0 Å². The SMILES string of the molecule is O=C(c1ccccc1)c1nc(-c2cc(F)ccc2F)cs1. The van der Waals surface area contributed by atoms with Crippen LogP contribution in [0.2, 0.25) is 0 Å². The number of thiazole rings is 1. The van der Waals surface area contributed by atoms with E-state index < -0.39 is 11.6 Å². The van der Waals surface area contributed by atoms with Gasteiger partial charge in [-0.25, -0.2) is 13.8 Å². The van der Waals surface area contributed by atoms with E-state index in [0.29, 0.717) is 5.56 Å². The van der Waals surface area contributed by atoms with Crippen LogP contribution in [0.25, 0.3) is 11.3 Å². The standard InChI is InChI=1S/C16H9F2NOS/c17-11-6-7-13(18)12(8-11)14-9-21-16(19-14)15(20)10-4-2-1-3-5-10/h1-9H. The van der Waals surface area contributed by atoms with Crippen LogP contribution in [0.15, 0.2) is 53.9 Å². The molecule has 0 bridgehead atoms. The smallest absolute Gasteiger partial charge is 0.221 e. The molecule has 21 heavy (non-hydrogen) atoms. The van der Waals surface area contributed by atoms with Gasteiger partial charge in [0.1, 0.15) is 11.6 Å². The number of hydrogen-bond acceptors (Lipinski definition) is 3. The number of aromatic nitrogens is 1. The third kappa shape index (κ3) is 2.73. The van der Waals surface area contributed by atoms with Crippen molar-refractivity contribution < 1.29 is 13.6 Å². The molecule has 0 aliphatic heterocycles. The van der Waals surface area contributed by atoms with Crippen LogP contribution < -0.4 is 0 Å². The largest absolute Gasteiger partial charge is 0.286 e. The number of rotatable bonds is 3. The summed E-state index contributed by atoms with van der Waals surface area (Å²) in [5, 5.41) is 1.80. The lowest BCUT2D eigenvalue weighted by Gasteiger charge is -1.99. The zero-order valence-electron chi connectivity index (χ0n) is 10.7. The Bertz CT molecular complexity index is 799. The Morgan fingerprint density at radius 3 is 2.57 bits per heavy atom. The summed E-state index contributed by atoms with van der Waals surface area (Å²) in [4.78, 5) is 16.3. The summed E-state index contributed by atoms with van der Waals surface area (Å²) in [6.07, 6.45) is 0. The predicted molar refractivity (Wildman–Crippen MR) is 77.3 cm³/mol. The van der Waals surface area contributed by atoms with Crippen molar-refractivity contribution in [2.24, 2.45) is 0 Å². The fourth-order valence-corrected chi connectivity index (χ4v) is 2.69. The summed E-state index contributed by atoms with van der Waals surface area (Å²) in [7, 11) is 0. The van der Waals surface area contributed by atoms with Crippen molar-refractivity contribution in [2.45, 2.75) is 0 Å². The normalized spacial score (nSPS) is 10.6. The van der Waals surface area contributed by atoms with Crippen molar-refractivity contribution in [1.82, 2.24) is 4.98 Å². The van der Waals surface area contributed by atoms with Crippen LogP contribution in [0, 0.1) is 11.6 Å². The first-order chi connectivity index (χ1) is 10.1. The quantitative estimate of drug-likeness (QED) is 0.674. The maximum absolute atomic E-state index is 13.7. The number of nitrogens with zero attached hydrogens (tertiary/aromatic N) is 1. The number of benzene rings is 2. The van der Waals surface area contributed by atoms with E-state index in [1.54, 1.807) is 29.6 Å².